The van der Waals surface area contributed by atoms with E-state index < -0.39 is 30.0 Å². The molecule has 0 fully saturated rings. The Kier molecular flexibility index (Phi) is 6.48. The van der Waals surface area contributed by atoms with E-state index in [-0.39, 0.29) is 12.1 Å². The van der Waals surface area contributed by atoms with E-state index in [2.05, 4.69) is 10.4 Å². The molecule has 0 aliphatic carbocycles. The Labute approximate surface area is 147 Å². The van der Waals surface area contributed by atoms with Crippen molar-refractivity contribution >= 4 is 18.0 Å². The Balaban J connectivity index is 1.83. The van der Waals surface area contributed by atoms with Gasteiger partial charge in [0.15, 0.2) is 0 Å². The number of nitrogens with one attached hydrogen (secondary N) is 2. The quantitative estimate of drug-likeness (QED) is 0.471. The summed E-state index contributed by atoms with van der Waals surface area (Å²) >= 11 is 0. The lowest BCUT2D eigenvalue weighted by molar-refractivity contribution is -0.137. The van der Waals surface area contributed by atoms with E-state index in [1.807, 2.05) is 35.8 Å². The zero-order valence-corrected chi connectivity index (χ0v) is 13.6. The second kappa shape index (κ2) is 8.80. The van der Waals surface area contributed by atoms with Crippen molar-refractivity contribution in [1.29, 1.82) is 0 Å². The lowest BCUT2D eigenvalue weighted by Gasteiger charge is -2.09. The highest BCUT2D eigenvalue weighted by Crippen LogP contribution is 2.30. The Bertz CT molecular complexity index is 790. The summed E-state index contributed by atoms with van der Waals surface area (Å²) in [5, 5.41) is 6.05. The minimum Gasteiger partial charge on any atom is -0.352 e. The Hall–Kier alpha value is -3.16. The molecule has 0 bridgehead atoms. The molecule has 0 aromatic heterocycles. The maximum atomic E-state index is 12.8. The van der Waals surface area contributed by atoms with Gasteiger partial charge in [0.2, 0.25) is 11.8 Å². The number of carbonyl (C=O) groups is 2. The molecule has 2 aromatic rings. The lowest BCUT2D eigenvalue weighted by Crippen LogP contribution is -2.29. The molecule has 2 amide bonds. The molecule has 0 aliphatic heterocycles. The highest BCUT2D eigenvalue weighted by Gasteiger charge is 2.32. The standard InChI is InChI=1S/C18H16F3N3O2/c19-18(20,21)15-9-5-4-8-14(15)12-23-24-17(26)10-16(25)22-11-13-6-2-1-3-7-13/h1-9,12H,10-11H2,(H,22,25)(H,24,26)/b23-12-. The van der Waals surface area contributed by atoms with Crippen LogP contribution in [0.2, 0.25) is 0 Å². The largest absolute Gasteiger partial charge is 0.417 e. The van der Waals surface area contributed by atoms with Crippen LogP contribution in [0.3, 0.4) is 0 Å². The van der Waals surface area contributed by atoms with Crippen LogP contribution in [0.15, 0.2) is 59.7 Å². The summed E-state index contributed by atoms with van der Waals surface area (Å²) in [6.45, 7) is 0.273. The van der Waals surface area contributed by atoms with Crippen LogP contribution in [-0.4, -0.2) is 18.0 Å². The summed E-state index contributed by atoms with van der Waals surface area (Å²) in [4.78, 5) is 23.3. The molecule has 26 heavy (non-hydrogen) atoms. The monoisotopic (exact) mass is 363 g/mol. The van der Waals surface area contributed by atoms with Gasteiger partial charge in [-0.05, 0) is 11.6 Å². The maximum absolute atomic E-state index is 12.8. The van der Waals surface area contributed by atoms with E-state index >= 15 is 0 Å². The van der Waals surface area contributed by atoms with Crippen molar-refractivity contribution < 1.29 is 22.8 Å². The highest BCUT2D eigenvalue weighted by molar-refractivity contribution is 5.97. The molecule has 8 heteroatoms. The van der Waals surface area contributed by atoms with Crippen molar-refractivity contribution in [2.75, 3.05) is 0 Å². The molecule has 136 valence electrons. The molecule has 2 N–H and O–H groups in total. The minimum atomic E-state index is -4.52. The minimum absolute atomic E-state index is 0.186. The summed E-state index contributed by atoms with van der Waals surface area (Å²) in [6.07, 6.45) is -4.11. The van der Waals surface area contributed by atoms with E-state index in [1.54, 1.807) is 0 Å². The molecule has 0 unspecified atom stereocenters. The summed E-state index contributed by atoms with van der Waals surface area (Å²) < 4.78 is 38.5. The fourth-order valence-corrected chi connectivity index (χ4v) is 2.09. The Morgan fingerprint density at radius 2 is 1.62 bits per heavy atom. The van der Waals surface area contributed by atoms with E-state index in [9.17, 15) is 22.8 Å². The molecule has 0 radical (unpaired) electrons. The van der Waals surface area contributed by atoms with Gasteiger partial charge in [-0.15, -0.1) is 0 Å². The summed E-state index contributed by atoms with van der Waals surface area (Å²) in [5.74, 6) is -1.24. The van der Waals surface area contributed by atoms with Crippen molar-refractivity contribution in [3.05, 3.63) is 71.3 Å². The SMILES string of the molecule is O=C(CC(=O)N/N=C\c1ccccc1C(F)(F)F)NCc1ccccc1. The number of rotatable bonds is 6. The van der Waals surface area contributed by atoms with Crippen molar-refractivity contribution in [2.24, 2.45) is 5.10 Å². The number of nitrogens with zero attached hydrogens (tertiary/aromatic N) is 1. The van der Waals surface area contributed by atoms with Crippen LogP contribution in [0.25, 0.3) is 0 Å². The molecule has 2 rings (SSSR count). The number of carbonyl (C=O) groups excluding carboxylic acids is 2. The third kappa shape index (κ3) is 6.04. The second-order valence-corrected chi connectivity index (χ2v) is 5.32. The third-order valence-electron chi connectivity index (χ3n) is 3.31. The first-order valence-corrected chi connectivity index (χ1v) is 7.65. The molecule has 0 heterocycles. The average molecular weight is 363 g/mol. The van der Waals surface area contributed by atoms with Gasteiger partial charge in [-0.1, -0.05) is 48.5 Å². The smallest absolute Gasteiger partial charge is 0.352 e. The number of amides is 2. The number of hydrogen-bond acceptors (Lipinski definition) is 3. The van der Waals surface area contributed by atoms with Gasteiger partial charge in [0.1, 0.15) is 6.42 Å². The van der Waals surface area contributed by atoms with E-state index in [1.165, 1.54) is 18.2 Å². The molecule has 0 atom stereocenters. The van der Waals surface area contributed by atoms with E-state index in [4.69, 9.17) is 0 Å². The van der Waals surface area contributed by atoms with Gasteiger partial charge in [-0.25, -0.2) is 5.43 Å². The fraction of sp³-hybridized carbons (Fsp3) is 0.167. The number of benzene rings is 2. The van der Waals surface area contributed by atoms with Gasteiger partial charge in [0, 0.05) is 12.1 Å². The molecular weight excluding hydrogens is 347 g/mol. The van der Waals surface area contributed by atoms with Gasteiger partial charge in [0.05, 0.1) is 11.8 Å². The molecule has 0 aliphatic rings. The normalized spacial score (nSPS) is 11.3. The first-order valence-electron chi connectivity index (χ1n) is 7.65. The Morgan fingerprint density at radius 3 is 2.31 bits per heavy atom. The van der Waals surface area contributed by atoms with Crippen molar-refractivity contribution in [1.82, 2.24) is 10.7 Å². The number of hydrogen-bond donors (Lipinski definition) is 2. The van der Waals surface area contributed by atoms with Crippen LogP contribution in [0.5, 0.6) is 0 Å². The van der Waals surface area contributed by atoms with Gasteiger partial charge in [-0.2, -0.15) is 18.3 Å². The summed E-state index contributed by atoms with van der Waals surface area (Å²) in [6, 6.07) is 14.0. The predicted octanol–water partition coefficient (Wildman–Crippen LogP) is 2.86. The van der Waals surface area contributed by atoms with E-state index in [0.717, 1.165) is 17.8 Å². The van der Waals surface area contributed by atoms with Gasteiger partial charge in [-0.3, -0.25) is 9.59 Å². The third-order valence-corrected chi connectivity index (χ3v) is 3.31. The predicted molar refractivity (Wildman–Crippen MR) is 90.1 cm³/mol. The summed E-state index contributed by atoms with van der Waals surface area (Å²) in [5.41, 5.74) is 1.87. The van der Waals surface area contributed by atoms with E-state index in [0.29, 0.717) is 0 Å². The maximum Gasteiger partial charge on any atom is 0.417 e. The number of alkyl halides is 3. The van der Waals surface area contributed by atoms with Crippen LogP contribution < -0.4 is 10.7 Å². The molecule has 0 saturated heterocycles. The molecular formula is C18H16F3N3O2. The first kappa shape index (κ1) is 19.2. The topological polar surface area (TPSA) is 70.6 Å². The number of halogens is 3. The molecule has 2 aromatic carbocycles. The van der Waals surface area contributed by atoms with Crippen molar-refractivity contribution in [3.8, 4) is 0 Å². The molecule has 0 spiro atoms. The first-order chi connectivity index (χ1) is 12.4. The van der Waals surface area contributed by atoms with Gasteiger partial charge >= 0.3 is 6.18 Å². The van der Waals surface area contributed by atoms with Crippen LogP contribution in [0.1, 0.15) is 23.1 Å². The van der Waals surface area contributed by atoms with Crippen LogP contribution >= 0.6 is 0 Å². The van der Waals surface area contributed by atoms with Crippen LogP contribution in [-0.2, 0) is 22.3 Å². The van der Waals surface area contributed by atoms with Gasteiger partial charge in [0.25, 0.3) is 0 Å². The molecule has 5 nitrogen and oxygen atoms in total. The second-order valence-electron chi connectivity index (χ2n) is 5.32. The van der Waals surface area contributed by atoms with Crippen LogP contribution in [0, 0.1) is 0 Å². The van der Waals surface area contributed by atoms with Crippen molar-refractivity contribution in [2.45, 2.75) is 19.1 Å². The fourth-order valence-electron chi connectivity index (χ4n) is 2.09. The summed E-state index contributed by atoms with van der Waals surface area (Å²) in [7, 11) is 0. The van der Waals surface area contributed by atoms with Crippen LogP contribution in [0.4, 0.5) is 13.2 Å². The highest BCUT2D eigenvalue weighted by atomic mass is 19.4. The zero-order chi connectivity index (χ0) is 19.0. The zero-order valence-electron chi connectivity index (χ0n) is 13.6. The Morgan fingerprint density at radius 1 is 0.962 bits per heavy atom. The molecule has 0 saturated carbocycles. The number of hydrazone groups is 1. The van der Waals surface area contributed by atoms with Crippen molar-refractivity contribution in [3.63, 3.8) is 0 Å². The average Bonchev–Trinajstić information content (AvgIpc) is 2.60. The van der Waals surface area contributed by atoms with Gasteiger partial charge < -0.3 is 5.32 Å². The lowest BCUT2D eigenvalue weighted by atomic mass is 10.1.